The van der Waals surface area contributed by atoms with Crippen molar-refractivity contribution in [3.63, 3.8) is 0 Å². The van der Waals surface area contributed by atoms with Crippen LogP contribution in [0.1, 0.15) is 13.8 Å². The Hall–Kier alpha value is -0.650. The van der Waals surface area contributed by atoms with Crippen molar-refractivity contribution in [3.8, 4) is 0 Å². The van der Waals surface area contributed by atoms with Crippen molar-refractivity contribution in [2.45, 2.75) is 19.4 Å². The summed E-state index contributed by atoms with van der Waals surface area (Å²) >= 11 is 0. The number of rotatable bonds is 4. The zero-order valence-electron chi connectivity index (χ0n) is 10.5. The van der Waals surface area contributed by atoms with Crippen molar-refractivity contribution >= 4 is 5.97 Å². The summed E-state index contributed by atoms with van der Waals surface area (Å²) < 4.78 is 4.97. The van der Waals surface area contributed by atoms with E-state index in [2.05, 4.69) is 16.8 Å². The van der Waals surface area contributed by atoms with E-state index in [0.29, 0.717) is 13.2 Å². The van der Waals surface area contributed by atoms with Crippen LogP contribution >= 0.6 is 0 Å². The number of carbonyl (C=O) groups excluding carboxylic acids is 1. The molecule has 0 aromatic carbocycles. The second-order valence-electron chi connectivity index (χ2n) is 4.72. The molecule has 0 aromatic heterocycles. The van der Waals surface area contributed by atoms with E-state index in [9.17, 15) is 4.79 Å². The van der Waals surface area contributed by atoms with Crippen LogP contribution in [0.4, 0.5) is 0 Å². The van der Waals surface area contributed by atoms with Gasteiger partial charge in [0.05, 0.1) is 6.61 Å². The zero-order valence-corrected chi connectivity index (χ0v) is 10.5. The van der Waals surface area contributed by atoms with Crippen molar-refractivity contribution in [1.29, 1.82) is 0 Å². The second-order valence-corrected chi connectivity index (χ2v) is 4.72. The van der Waals surface area contributed by atoms with Gasteiger partial charge < -0.3 is 15.4 Å². The number of likely N-dealkylation sites (N-methyl/N-ethyl adjacent to an activating group) is 1. The molecule has 0 aliphatic carbocycles. The Kier molecular flexibility index (Phi) is 4.70. The lowest BCUT2D eigenvalue weighted by Gasteiger charge is -2.36. The Balaban J connectivity index is 2.42. The quantitative estimate of drug-likeness (QED) is 0.660. The molecule has 1 saturated heterocycles. The zero-order chi connectivity index (χ0) is 12.2. The van der Waals surface area contributed by atoms with Crippen LogP contribution in [0.25, 0.3) is 0 Å². The maximum Gasteiger partial charge on any atom is 0.327 e. The molecule has 1 aliphatic rings. The van der Waals surface area contributed by atoms with Crippen molar-refractivity contribution < 1.29 is 9.53 Å². The van der Waals surface area contributed by atoms with Gasteiger partial charge in [0, 0.05) is 32.7 Å². The molecule has 2 N–H and O–H groups in total. The van der Waals surface area contributed by atoms with Gasteiger partial charge in [-0.2, -0.15) is 0 Å². The Labute approximate surface area is 97.5 Å². The van der Waals surface area contributed by atoms with Gasteiger partial charge in [-0.1, -0.05) is 0 Å². The number of nitrogens with zero attached hydrogens (tertiary/aromatic N) is 2. The molecule has 0 amide bonds. The van der Waals surface area contributed by atoms with Gasteiger partial charge in [-0.25, -0.2) is 0 Å². The number of ether oxygens (including phenoxy) is 1. The lowest BCUT2D eigenvalue weighted by molar-refractivity contribution is -0.149. The monoisotopic (exact) mass is 229 g/mol. The molecular formula is C11H23N3O2. The molecule has 0 bridgehead atoms. The highest BCUT2D eigenvalue weighted by atomic mass is 16.5. The highest BCUT2D eigenvalue weighted by molar-refractivity contribution is 5.80. The van der Waals surface area contributed by atoms with Crippen LogP contribution in [0, 0.1) is 0 Å². The average molecular weight is 229 g/mol. The Morgan fingerprint density at radius 2 is 1.94 bits per heavy atom. The largest absolute Gasteiger partial charge is 0.465 e. The molecule has 16 heavy (non-hydrogen) atoms. The van der Waals surface area contributed by atoms with Crippen molar-refractivity contribution in [2.24, 2.45) is 5.73 Å². The SMILES string of the molecule is CCOC(=O)C(C)(N)CN1CCN(C)CC1. The lowest BCUT2D eigenvalue weighted by Crippen LogP contribution is -2.57. The third-order valence-corrected chi connectivity index (χ3v) is 2.89. The van der Waals surface area contributed by atoms with Crippen LogP contribution in [-0.4, -0.2) is 67.7 Å². The van der Waals surface area contributed by atoms with Gasteiger partial charge in [-0.15, -0.1) is 0 Å². The van der Waals surface area contributed by atoms with Crippen LogP contribution in [-0.2, 0) is 9.53 Å². The van der Waals surface area contributed by atoms with Crippen LogP contribution < -0.4 is 5.73 Å². The van der Waals surface area contributed by atoms with E-state index in [4.69, 9.17) is 10.5 Å². The summed E-state index contributed by atoms with van der Waals surface area (Å²) in [5.74, 6) is -0.311. The van der Waals surface area contributed by atoms with Crippen LogP contribution in [0.5, 0.6) is 0 Å². The average Bonchev–Trinajstić information content (AvgIpc) is 2.21. The van der Waals surface area contributed by atoms with Crippen molar-refractivity contribution in [3.05, 3.63) is 0 Å². The van der Waals surface area contributed by atoms with Crippen molar-refractivity contribution in [2.75, 3.05) is 46.4 Å². The molecule has 1 aliphatic heterocycles. The normalized spacial score (nSPS) is 22.8. The minimum absolute atomic E-state index is 0.311. The van der Waals surface area contributed by atoms with E-state index in [1.165, 1.54) is 0 Å². The van der Waals surface area contributed by atoms with E-state index >= 15 is 0 Å². The second kappa shape index (κ2) is 5.61. The summed E-state index contributed by atoms with van der Waals surface area (Å²) in [6.45, 7) is 8.46. The third kappa shape index (κ3) is 3.73. The molecule has 5 heteroatoms. The third-order valence-electron chi connectivity index (χ3n) is 2.89. The molecule has 94 valence electrons. The molecule has 0 spiro atoms. The topological polar surface area (TPSA) is 58.8 Å². The van der Waals surface area contributed by atoms with E-state index in [1.54, 1.807) is 13.8 Å². The minimum Gasteiger partial charge on any atom is -0.465 e. The van der Waals surface area contributed by atoms with Gasteiger partial charge in [0.1, 0.15) is 5.54 Å². The highest BCUT2D eigenvalue weighted by Crippen LogP contribution is 2.08. The van der Waals surface area contributed by atoms with Gasteiger partial charge in [-0.3, -0.25) is 9.69 Å². The number of piperazine rings is 1. The maximum atomic E-state index is 11.6. The fourth-order valence-electron chi connectivity index (χ4n) is 1.83. The molecule has 0 saturated carbocycles. The van der Waals surface area contributed by atoms with E-state index in [0.717, 1.165) is 26.2 Å². The molecular weight excluding hydrogens is 206 g/mol. The molecule has 1 atom stereocenters. The predicted octanol–water partition coefficient (Wildman–Crippen LogP) is -0.486. The number of nitrogens with two attached hydrogens (primary N) is 1. The fraction of sp³-hybridized carbons (Fsp3) is 0.909. The predicted molar refractivity (Wildman–Crippen MR) is 63.2 cm³/mol. The van der Waals surface area contributed by atoms with Crippen LogP contribution in [0.2, 0.25) is 0 Å². The highest BCUT2D eigenvalue weighted by Gasteiger charge is 2.32. The first-order valence-corrected chi connectivity index (χ1v) is 5.82. The molecule has 0 aromatic rings. The van der Waals surface area contributed by atoms with Gasteiger partial charge in [-0.05, 0) is 20.9 Å². The van der Waals surface area contributed by atoms with Crippen LogP contribution in [0.3, 0.4) is 0 Å². The minimum atomic E-state index is -0.897. The first-order valence-electron chi connectivity index (χ1n) is 5.82. The summed E-state index contributed by atoms with van der Waals surface area (Å²) in [7, 11) is 2.10. The van der Waals surface area contributed by atoms with E-state index in [1.807, 2.05) is 0 Å². The molecule has 1 unspecified atom stereocenters. The Bertz CT molecular complexity index is 235. The first-order chi connectivity index (χ1) is 7.45. The number of hydrogen-bond acceptors (Lipinski definition) is 5. The van der Waals surface area contributed by atoms with Gasteiger partial charge in [0.15, 0.2) is 0 Å². The fourth-order valence-corrected chi connectivity index (χ4v) is 1.83. The van der Waals surface area contributed by atoms with Gasteiger partial charge in [0.2, 0.25) is 0 Å². The Morgan fingerprint density at radius 1 is 1.38 bits per heavy atom. The summed E-state index contributed by atoms with van der Waals surface area (Å²) in [5, 5.41) is 0. The number of carbonyl (C=O) groups is 1. The van der Waals surface area contributed by atoms with Gasteiger partial charge >= 0.3 is 5.97 Å². The summed E-state index contributed by atoms with van der Waals surface area (Å²) in [5.41, 5.74) is 5.09. The number of hydrogen-bond donors (Lipinski definition) is 1. The molecule has 5 nitrogen and oxygen atoms in total. The summed E-state index contributed by atoms with van der Waals surface area (Å²) in [4.78, 5) is 16.1. The summed E-state index contributed by atoms with van der Waals surface area (Å²) in [6.07, 6.45) is 0. The smallest absolute Gasteiger partial charge is 0.327 e. The first kappa shape index (κ1) is 13.4. The van der Waals surface area contributed by atoms with E-state index in [-0.39, 0.29) is 5.97 Å². The molecule has 0 radical (unpaired) electrons. The van der Waals surface area contributed by atoms with E-state index < -0.39 is 5.54 Å². The Morgan fingerprint density at radius 3 is 2.44 bits per heavy atom. The molecule has 1 rings (SSSR count). The summed E-state index contributed by atoms with van der Waals surface area (Å²) in [6, 6.07) is 0. The number of esters is 1. The molecule has 1 heterocycles. The van der Waals surface area contributed by atoms with Crippen molar-refractivity contribution in [1.82, 2.24) is 9.80 Å². The standard InChI is InChI=1S/C11H23N3O2/c1-4-16-10(15)11(2,12)9-14-7-5-13(3)6-8-14/h4-9,12H2,1-3H3. The van der Waals surface area contributed by atoms with Crippen LogP contribution in [0.15, 0.2) is 0 Å². The lowest BCUT2D eigenvalue weighted by atomic mass is 10.0. The maximum absolute atomic E-state index is 11.6. The van der Waals surface area contributed by atoms with Gasteiger partial charge in [0.25, 0.3) is 0 Å². The molecule has 1 fully saturated rings.